The zero-order valence-corrected chi connectivity index (χ0v) is 12.7. The van der Waals surface area contributed by atoms with Crippen LogP contribution in [0.25, 0.3) is 0 Å². The van der Waals surface area contributed by atoms with Crippen molar-refractivity contribution in [3.05, 3.63) is 23.0 Å². The first-order valence-corrected chi connectivity index (χ1v) is 7.53. The standard InChI is InChI=1S/C16H26N2O2/c1-10-4-5-14(6-11(10)2)18-8-15-13(9-19)7-17-12(3)16(15)20/h7,10-11,14,18-20H,4-6,8-9H2,1-3H3. The van der Waals surface area contributed by atoms with Crippen LogP contribution in [0.2, 0.25) is 0 Å². The molecule has 0 aromatic carbocycles. The van der Waals surface area contributed by atoms with E-state index in [1.165, 1.54) is 19.3 Å². The molecule has 0 saturated heterocycles. The van der Waals surface area contributed by atoms with Gasteiger partial charge in [-0.2, -0.15) is 0 Å². The average molecular weight is 278 g/mol. The number of aryl methyl sites for hydroxylation is 1. The van der Waals surface area contributed by atoms with Crippen LogP contribution in [0.3, 0.4) is 0 Å². The largest absolute Gasteiger partial charge is 0.506 e. The van der Waals surface area contributed by atoms with Crippen LogP contribution in [-0.4, -0.2) is 21.2 Å². The SMILES string of the molecule is Cc1ncc(CO)c(CNC2CCC(C)C(C)C2)c1O. The third-order valence-corrected chi connectivity index (χ3v) is 4.77. The minimum Gasteiger partial charge on any atom is -0.506 e. The van der Waals surface area contributed by atoms with Gasteiger partial charge in [-0.1, -0.05) is 13.8 Å². The van der Waals surface area contributed by atoms with Crippen molar-refractivity contribution in [2.75, 3.05) is 0 Å². The van der Waals surface area contributed by atoms with E-state index in [1.807, 2.05) is 0 Å². The zero-order valence-electron chi connectivity index (χ0n) is 12.7. The molecule has 1 aromatic rings. The smallest absolute Gasteiger partial charge is 0.141 e. The number of aliphatic hydroxyl groups is 1. The Morgan fingerprint density at radius 1 is 1.30 bits per heavy atom. The van der Waals surface area contributed by atoms with Crippen molar-refractivity contribution in [3.8, 4) is 5.75 Å². The number of aromatic hydroxyl groups is 1. The fourth-order valence-electron chi connectivity index (χ4n) is 3.00. The highest BCUT2D eigenvalue weighted by Crippen LogP contribution is 2.30. The molecular formula is C16H26N2O2. The lowest BCUT2D eigenvalue weighted by Gasteiger charge is -2.32. The van der Waals surface area contributed by atoms with Gasteiger partial charge < -0.3 is 15.5 Å². The zero-order chi connectivity index (χ0) is 14.7. The molecule has 0 spiro atoms. The van der Waals surface area contributed by atoms with Crippen LogP contribution in [-0.2, 0) is 13.2 Å². The summed E-state index contributed by atoms with van der Waals surface area (Å²) in [5.41, 5.74) is 2.11. The summed E-state index contributed by atoms with van der Waals surface area (Å²) >= 11 is 0. The maximum absolute atomic E-state index is 10.1. The molecule has 4 nitrogen and oxygen atoms in total. The number of nitrogens with one attached hydrogen (secondary N) is 1. The van der Waals surface area contributed by atoms with E-state index >= 15 is 0 Å². The van der Waals surface area contributed by atoms with E-state index in [0.29, 0.717) is 23.8 Å². The molecule has 1 aliphatic rings. The summed E-state index contributed by atoms with van der Waals surface area (Å²) in [4.78, 5) is 4.09. The average Bonchev–Trinajstić information content (AvgIpc) is 2.44. The minimum atomic E-state index is -0.0873. The number of hydrogen-bond donors (Lipinski definition) is 3. The molecule has 0 aliphatic heterocycles. The molecule has 1 saturated carbocycles. The van der Waals surface area contributed by atoms with Crippen LogP contribution in [0, 0.1) is 18.8 Å². The first-order chi connectivity index (χ1) is 9.52. The van der Waals surface area contributed by atoms with Crippen molar-refractivity contribution in [1.82, 2.24) is 10.3 Å². The normalized spacial score (nSPS) is 26.7. The molecule has 1 heterocycles. The third-order valence-electron chi connectivity index (χ3n) is 4.77. The molecule has 3 unspecified atom stereocenters. The topological polar surface area (TPSA) is 65.4 Å². The molecule has 1 aliphatic carbocycles. The fraction of sp³-hybridized carbons (Fsp3) is 0.688. The molecular weight excluding hydrogens is 252 g/mol. The molecule has 112 valence electrons. The summed E-state index contributed by atoms with van der Waals surface area (Å²) in [7, 11) is 0. The first kappa shape index (κ1) is 15.3. The molecule has 1 fully saturated rings. The molecule has 4 heteroatoms. The molecule has 0 amide bonds. The molecule has 0 bridgehead atoms. The van der Waals surface area contributed by atoms with Crippen molar-refractivity contribution >= 4 is 0 Å². The molecule has 3 atom stereocenters. The maximum atomic E-state index is 10.1. The maximum Gasteiger partial charge on any atom is 0.141 e. The van der Waals surface area contributed by atoms with Gasteiger partial charge in [0.15, 0.2) is 0 Å². The first-order valence-electron chi connectivity index (χ1n) is 7.53. The Kier molecular flexibility index (Phi) is 5.00. The number of pyridine rings is 1. The van der Waals surface area contributed by atoms with Gasteiger partial charge in [0, 0.05) is 29.9 Å². The van der Waals surface area contributed by atoms with E-state index in [1.54, 1.807) is 13.1 Å². The van der Waals surface area contributed by atoms with Crippen molar-refractivity contribution in [3.63, 3.8) is 0 Å². The third kappa shape index (κ3) is 3.30. The van der Waals surface area contributed by atoms with E-state index in [2.05, 4.69) is 24.1 Å². The van der Waals surface area contributed by atoms with Gasteiger partial charge in [-0.3, -0.25) is 4.98 Å². The lowest BCUT2D eigenvalue weighted by atomic mass is 9.79. The van der Waals surface area contributed by atoms with Gasteiger partial charge in [0.2, 0.25) is 0 Å². The van der Waals surface area contributed by atoms with E-state index in [0.717, 1.165) is 17.4 Å². The Bertz CT molecular complexity index is 462. The lowest BCUT2D eigenvalue weighted by Crippen LogP contribution is -2.36. The highest BCUT2D eigenvalue weighted by molar-refractivity contribution is 5.40. The second kappa shape index (κ2) is 6.55. The predicted octanol–water partition coefficient (Wildman–Crippen LogP) is 2.50. The number of hydrogen-bond acceptors (Lipinski definition) is 4. The van der Waals surface area contributed by atoms with Crippen LogP contribution < -0.4 is 5.32 Å². The fourth-order valence-corrected chi connectivity index (χ4v) is 3.00. The highest BCUT2D eigenvalue weighted by Gasteiger charge is 2.24. The predicted molar refractivity (Wildman–Crippen MR) is 79.4 cm³/mol. The van der Waals surface area contributed by atoms with Crippen molar-refractivity contribution in [1.29, 1.82) is 0 Å². The molecule has 20 heavy (non-hydrogen) atoms. The van der Waals surface area contributed by atoms with Crippen LogP contribution >= 0.6 is 0 Å². The second-order valence-corrected chi connectivity index (χ2v) is 6.20. The summed E-state index contributed by atoms with van der Waals surface area (Å²) < 4.78 is 0. The molecule has 1 aromatic heterocycles. The Labute approximate surface area is 121 Å². The summed E-state index contributed by atoms with van der Waals surface area (Å²) in [5.74, 6) is 1.75. The molecule has 3 N–H and O–H groups in total. The van der Waals surface area contributed by atoms with Gasteiger partial charge in [-0.05, 0) is 38.0 Å². The van der Waals surface area contributed by atoms with E-state index in [4.69, 9.17) is 0 Å². The summed E-state index contributed by atoms with van der Waals surface area (Å²) in [6.45, 7) is 6.92. The summed E-state index contributed by atoms with van der Waals surface area (Å²) in [6.07, 6.45) is 5.27. The van der Waals surface area contributed by atoms with Gasteiger partial charge in [0.1, 0.15) is 5.75 Å². The molecule has 2 rings (SSSR count). The van der Waals surface area contributed by atoms with Gasteiger partial charge in [-0.15, -0.1) is 0 Å². The van der Waals surface area contributed by atoms with E-state index in [-0.39, 0.29) is 12.4 Å². The Morgan fingerprint density at radius 2 is 2.05 bits per heavy atom. The highest BCUT2D eigenvalue weighted by atomic mass is 16.3. The number of aromatic nitrogens is 1. The lowest BCUT2D eigenvalue weighted by molar-refractivity contribution is 0.224. The van der Waals surface area contributed by atoms with Gasteiger partial charge in [-0.25, -0.2) is 0 Å². The Morgan fingerprint density at radius 3 is 2.70 bits per heavy atom. The quantitative estimate of drug-likeness (QED) is 0.792. The number of aliphatic hydroxyl groups excluding tert-OH is 1. The van der Waals surface area contributed by atoms with E-state index in [9.17, 15) is 10.2 Å². The van der Waals surface area contributed by atoms with Crippen molar-refractivity contribution in [2.24, 2.45) is 11.8 Å². The van der Waals surface area contributed by atoms with Gasteiger partial charge >= 0.3 is 0 Å². The summed E-state index contributed by atoms with van der Waals surface area (Å²) in [5, 5.41) is 23.0. The van der Waals surface area contributed by atoms with Crippen molar-refractivity contribution < 1.29 is 10.2 Å². The van der Waals surface area contributed by atoms with Crippen LogP contribution in [0.15, 0.2) is 6.20 Å². The monoisotopic (exact) mass is 278 g/mol. The van der Waals surface area contributed by atoms with Gasteiger partial charge in [0.25, 0.3) is 0 Å². The number of rotatable bonds is 4. The van der Waals surface area contributed by atoms with Crippen molar-refractivity contribution in [2.45, 2.75) is 59.2 Å². The van der Waals surface area contributed by atoms with Crippen LogP contribution in [0.4, 0.5) is 0 Å². The molecule has 0 radical (unpaired) electrons. The Balaban J connectivity index is 2.02. The van der Waals surface area contributed by atoms with E-state index < -0.39 is 0 Å². The van der Waals surface area contributed by atoms with Gasteiger partial charge in [0.05, 0.1) is 12.3 Å². The van der Waals surface area contributed by atoms with Crippen LogP contribution in [0.5, 0.6) is 5.75 Å². The number of nitrogens with zero attached hydrogens (tertiary/aromatic N) is 1. The minimum absolute atomic E-state index is 0.0873. The van der Waals surface area contributed by atoms with Crippen LogP contribution in [0.1, 0.15) is 49.9 Å². The summed E-state index contributed by atoms with van der Waals surface area (Å²) in [6, 6.07) is 0.501. The second-order valence-electron chi connectivity index (χ2n) is 6.20. The Hall–Kier alpha value is -1.13.